The van der Waals surface area contributed by atoms with Crippen LogP contribution < -0.4 is 4.57 Å². The minimum absolute atomic E-state index is 1.28. The summed E-state index contributed by atoms with van der Waals surface area (Å²) < 4.78 is 2.31. The van der Waals surface area contributed by atoms with E-state index in [1.807, 2.05) is 0 Å². The molecule has 0 amide bonds. The molecule has 0 aliphatic heterocycles. The van der Waals surface area contributed by atoms with E-state index in [1.54, 1.807) is 0 Å². The quantitative estimate of drug-likeness (QED) is 0.573. The molecule has 0 atom stereocenters. The summed E-state index contributed by atoms with van der Waals surface area (Å²) in [5, 5.41) is 2.63. The van der Waals surface area contributed by atoms with E-state index in [0.29, 0.717) is 0 Å². The Hall–Kier alpha value is -2.15. The molecule has 1 heterocycles. The van der Waals surface area contributed by atoms with E-state index in [4.69, 9.17) is 0 Å². The second-order valence-corrected chi connectivity index (χ2v) is 6.03. The molecule has 0 N–H and O–H groups in total. The molecular weight excluding hydrogens is 254 g/mol. The van der Waals surface area contributed by atoms with Gasteiger partial charge < -0.3 is 0 Å². The lowest BCUT2D eigenvalue weighted by molar-refractivity contribution is -0.665. The highest BCUT2D eigenvalue weighted by Crippen LogP contribution is 2.30. The van der Waals surface area contributed by atoms with Gasteiger partial charge in [-0.2, -0.15) is 4.57 Å². The third-order valence-corrected chi connectivity index (χ3v) is 4.51. The van der Waals surface area contributed by atoms with Crippen molar-refractivity contribution in [2.45, 2.75) is 27.7 Å². The molecule has 0 radical (unpaired) electrons. The average molecular weight is 276 g/mol. The molecule has 1 heteroatoms. The van der Waals surface area contributed by atoms with Crippen molar-refractivity contribution >= 4 is 10.8 Å². The van der Waals surface area contributed by atoms with E-state index in [2.05, 4.69) is 81.8 Å². The lowest BCUT2D eigenvalue weighted by Gasteiger charge is -2.12. The standard InChI is InChI=1S/C20H22N/c1-13-10-14(2)16(4)19(11-13)20-18-9-7-6-8-17(18)12-15(3)21(20)5/h6-12H,1-5H3/q+1. The first kappa shape index (κ1) is 13.8. The fourth-order valence-electron chi connectivity index (χ4n) is 3.13. The zero-order chi connectivity index (χ0) is 15.1. The van der Waals surface area contributed by atoms with Crippen molar-refractivity contribution in [2.75, 3.05) is 0 Å². The Morgan fingerprint density at radius 3 is 2.33 bits per heavy atom. The molecule has 3 rings (SSSR count). The molecule has 2 aromatic carbocycles. The predicted octanol–water partition coefficient (Wildman–Crippen LogP) is 4.56. The maximum absolute atomic E-state index is 2.31. The van der Waals surface area contributed by atoms with Crippen molar-refractivity contribution in [1.82, 2.24) is 0 Å². The molecule has 21 heavy (non-hydrogen) atoms. The van der Waals surface area contributed by atoms with Crippen LogP contribution in [-0.2, 0) is 7.05 Å². The molecule has 0 fully saturated rings. The van der Waals surface area contributed by atoms with E-state index in [-0.39, 0.29) is 0 Å². The van der Waals surface area contributed by atoms with Gasteiger partial charge in [0, 0.05) is 13.0 Å². The second-order valence-electron chi connectivity index (χ2n) is 6.03. The molecule has 1 aromatic heterocycles. The molecule has 1 nitrogen and oxygen atoms in total. The van der Waals surface area contributed by atoms with Crippen LogP contribution in [0.4, 0.5) is 0 Å². The maximum Gasteiger partial charge on any atom is 0.220 e. The fraction of sp³-hybridized carbons (Fsp3) is 0.250. The first-order chi connectivity index (χ1) is 9.99. The number of fused-ring (bicyclic) bond motifs is 1. The summed E-state index contributed by atoms with van der Waals surface area (Å²) in [6, 6.07) is 15.5. The summed E-state index contributed by atoms with van der Waals surface area (Å²) in [5.41, 5.74) is 7.98. The van der Waals surface area contributed by atoms with Crippen molar-refractivity contribution in [3.8, 4) is 11.3 Å². The van der Waals surface area contributed by atoms with Crippen LogP contribution in [-0.4, -0.2) is 0 Å². The van der Waals surface area contributed by atoms with E-state index in [0.717, 1.165) is 0 Å². The summed E-state index contributed by atoms with van der Waals surface area (Å²) in [5.74, 6) is 0. The van der Waals surface area contributed by atoms with E-state index >= 15 is 0 Å². The van der Waals surface area contributed by atoms with Gasteiger partial charge in [-0.05, 0) is 49.4 Å². The van der Waals surface area contributed by atoms with E-state index in [9.17, 15) is 0 Å². The number of aromatic nitrogens is 1. The van der Waals surface area contributed by atoms with Crippen LogP contribution in [0, 0.1) is 27.7 Å². The van der Waals surface area contributed by atoms with Crippen LogP contribution in [0.3, 0.4) is 0 Å². The van der Waals surface area contributed by atoms with Gasteiger partial charge in [-0.25, -0.2) is 0 Å². The number of pyridine rings is 1. The first-order valence-corrected chi connectivity index (χ1v) is 7.45. The zero-order valence-electron chi connectivity index (χ0n) is 13.5. The second kappa shape index (κ2) is 5.00. The Kier molecular flexibility index (Phi) is 3.29. The molecule has 106 valence electrons. The topological polar surface area (TPSA) is 3.88 Å². The molecule has 0 saturated heterocycles. The minimum Gasteiger partial charge on any atom is -0.198 e. The third kappa shape index (κ3) is 2.23. The van der Waals surface area contributed by atoms with Gasteiger partial charge in [-0.15, -0.1) is 0 Å². The molecule has 3 aromatic rings. The van der Waals surface area contributed by atoms with Crippen molar-refractivity contribution in [3.05, 3.63) is 64.8 Å². The lowest BCUT2D eigenvalue weighted by atomic mass is 9.94. The number of benzene rings is 2. The highest BCUT2D eigenvalue weighted by molar-refractivity contribution is 5.94. The van der Waals surface area contributed by atoms with Crippen LogP contribution >= 0.6 is 0 Å². The Morgan fingerprint density at radius 2 is 1.57 bits per heavy atom. The van der Waals surface area contributed by atoms with Gasteiger partial charge in [0.2, 0.25) is 5.69 Å². The minimum atomic E-state index is 1.28. The van der Waals surface area contributed by atoms with Gasteiger partial charge in [0.25, 0.3) is 0 Å². The van der Waals surface area contributed by atoms with Crippen LogP contribution in [0.2, 0.25) is 0 Å². The summed E-state index contributed by atoms with van der Waals surface area (Å²) in [4.78, 5) is 0. The summed E-state index contributed by atoms with van der Waals surface area (Å²) in [7, 11) is 2.16. The monoisotopic (exact) mass is 276 g/mol. The number of hydrogen-bond acceptors (Lipinski definition) is 0. The van der Waals surface area contributed by atoms with Crippen LogP contribution in [0.1, 0.15) is 22.4 Å². The smallest absolute Gasteiger partial charge is 0.198 e. The largest absolute Gasteiger partial charge is 0.220 e. The van der Waals surface area contributed by atoms with Gasteiger partial charge in [0.15, 0.2) is 5.69 Å². The Morgan fingerprint density at radius 1 is 0.857 bits per heavy atom. The molecule has 0 spiro atoms. The van der Waals surface area contributed by atoms with Gasteiger partial charge in [0.05, 0.1) is 10.9 Å². The van der Waals surface area contributed by atoms with E-state index < -0.39 is 0 Å². The highest BCUT2D eigenvalue weighted by atomic mass is 14.9. The van der Waals surface area contributed by atoms with Gasteiger partial charge in [-0.3, -0.25) is 0 Å². The van der Waals surface area contributed by atoms with Crippen molar-refractivity contribution in [2.24, 2.45) is 7.05 Å². The van der Waals surface area contributed by atoms with Gasteiger partial charge in [-0.1, -0.05) is 29.8 Å². The van der Waals surface area contributed by atoms with Crippen LogP contribution in [0.25, 0.3) is 22.0 Å². The predicted molar refractivity (Wildman–Crippen MR) is 89.5 cm³/mol. The normalized spacial score (nSPS) is 11.1. The molecule has 0 bridgehead atoms. The number of hydrogen-bond donors (Lipinski definition) is 0. The molecule has 0 saturated carbocycles. The average Bonchev–Trinajstić information content (AvgIpc) is 2.45. The summed E-state index contributed by atoms with van der Waals surface area (Å²) in [6.07, 6.45) is 0. The first-order valence-electron chi connectivity index (χ1n) is 7.45. The third-order valence-electron chi connectivity index (χ3n) is 4.51. The summed E-state index contributed by atoms with van der Waals surface area (Å²) >= 11 is 0. The Labute approximate surface area is 126 Å². The number of nitrogens with zero attached hydrogens (tertiary/aromatic N) is 1. The molecule has 0 aliphatic carbocycles. The van der Waals surface area contributed by atoms with Crippen molar-refractivity contribution < 1.29 is 4.57 Å². The Bertz CT molecular complexity index is 844. The summed E-state index contributed by atoms with van der Waals surface area (Å²) in [6.45, 7) is 8.77. The molecular formula is C20H22N+. The van der Waals surface area contributed by atoms with Crippen LogP contribution in [0.5, 0.6) is 0 Å². The van der Waals surface area contributed by atoms with Gasteiger partial charge >= 0.3 is 0 Å². The lowest BCUT2D eigenvalue weighted by Crippen LogP contribution is -2.35. The maximum atomic E-state index is 2.31. The van der Waals surface area contributed by atoms with Crippen LogP contribution in [0.15, 0.2) is 42.5 Å². The highest BCUT2D eigenvalue weighted by Gasteiger charge is 2.20. The van der Waals surface area contributed by atoms with Crippen molar-refractivity contribution in [1.29, 1.82) is 0 Å². The number of aryl methyl sites for hydroxylation is 3. The fourth-order valence-corrected chi connectivity index (χ4v) is 3.13. The Balaban J connectivity index is 2.48. The zero-order valence-corrected chi connectivity index (χ0v) is 13.5. The molecule has 0 unspecified atom stereocenters. The van der Waals surface area contributed by atoms with Gasteiger partial charge in [0.1, 0.15) is 7.05 Å². The molecule has 0 aliphatic rings. The van der Waals surface area contributed by atoms with E-state index in [1.165, 1.54) is 44.4 Å². The van der Waals surface area contributed by atoms with Crippen molar-refractivity contribution in [3.63, 3.8) is 0 Å². The number of rotatable bonds is 1. The SMILES string of the molecule is Cc1cc(C)c(C)c(-c2c3ccccc3cc(C)[n+]2C)c1.